The maximum absolute atomic E-state index is 13.6. The summed E-state index contributed by atoms with van der Waals surface area (Å²) in [7, 11) is 1.67. The number of aryl methyl sites for hydroxylation is 1. The Morgan fingerprint density at radius 3 is 2.36 bits per heavy atom. The molecule has 2 fully saturated rings. The number of methoxy groups -OCH3 is 1. The second kappa shape index (κ2) is 19.5. The summed E-state index contributed by atoms with van der Waals surface area (Å²) < 4.78 is 4.97. The molecule has 0 bridgehead atoms. The molecule has 2 amide bonds. The van der Waals surface area contributed by atoms with Crippen LogP contribution in [0.4, 0.5) is 5.69 Å². The van der Waals surface area contributed by atoms with Crippen LogP contribution in [0.5, 0.6) is 5.75 Å². The zero-order valence-electron chi connectivity index (χ0n) is 30.7. The Morgan fingerprint density at radius 2 is 1.66 bits per heavy atom. The number of allylic oxidation sites excluding steroid dienone is 4. The van der Waals surface area contributed by atoms with Crippen LogP contribution in [0.1, 0.15) is 67.6 Å². The molecule has 8 nitrogen and oxygen atoms in total. The normalized spacial score (nSPS) is 15.6. The van der Waals surface area contributed by atoms with Gasteiger partial charge in [0.25, 0.3) is 5.91 Å². The molecule has 3 aromatic rings. The fourth-order valence-electron chi connectivity index (χ4n) is 6.27. The van der Waals surface area contributed by atoms with Gasteiger partial charge in [0.15, 0.2) is 0 Å². The topological polar surface area (TPSA) is 77.2 Å². The Morgan fingerprint density at radius 1 is 0.920 bits per heavy atom. The van der Waals surface area contributed by atoms with Crippen molar-refractivity contribution in [3.8, 4) is 5.75 Å². The Kier molecular flexibility index (Phi) is 14.9. The van der Waals surface area contributed by atoms with Crippen LogP contribution in [0.3, 0.4) is 0 Å². The van der Waals surface area contributed by atoms with Crippen molar-refractivity contribution >= 4 is 18.0 Å². The molecule has 0 aromatic heterocycles. The van der Waals surface area contributed by atoms with Crippen molar-refractivity contribution in [2.45, 2.75) is 66.6 Å². The largest absolute Gasteiger partial charge is 0.497 e. The van der Waals surface area contributed by atoms with Crippen LogP contribution in [-0.4, -0.2) is 68.0 Å². The summed E-state index contributed by atoms with van der Waals surface area (Å²) in [4.78, 5) is 31.4. The van der Waals surface area contributed by atoms with E-state index >= 15 is 0 Å². The zero-order valence-corrected chi connectivity index (χ0v) is 30.7. The molecule has 0 unspecified atom stereocenters. The average Bonchev–Trinajstić information content (AvgIpc) is 3.43. The SMILES string of the molecule is CC.CC(C)NCc1ccccc1N1CCN(Cc2cccc(C(=O)N3CCC4=CCC=C(NC=O)C=C43)c2)CC1.COc1ccc(C)cc1. The molecule has 0 atom stereocenters. The smallest absolute Gasteiger partial charge is 0.258 e. The summed E-state index contributed by atoms with van der Waals surface area (Å²) in [6.45, 7) is 16.7. The zero-order chi connectivity index (χ0) is 35.9. The van der Waals surface area contributed by atoms with Gasteiger partial charge in [-0.3, -0.25) is 14.5 Å². The highest BCUT2D eigenvalue weighted by molar-refractivity contribution is 5.96. The van der Waals surface area contributed by atoms with Crippen LogP contribution in [0, 0.1) is 6.92 Å². The fourth-order valence-corrected chi connectivity index (χ4v) is 6.27. The van der Waals surface area contributed by atoms with Crippen LogP contribution in [0.15, 0.2) is 108 Å². The average molecular weight is 678 g/mol. The lowest BCUT2D eigenvalue weighted by molar-refractivity contribution is -0.108. The first-order valence-electron chi connectivity index (χ1n) is 18.0. The number of amides is 2. The van der Waals surface area contributed by atoms with E-state index in [9.17, 15) is 9.59 Å². The van der Waals surface area contributed by atoms with Crippen molar-refractivity contribution in [3.63, 3.8) is 0 Å². The first kappa shape index (κ1) is 38.1. The molecule has 266 valence electrons. The lowest BCUT2D eigenvalue weighted by Gasteiger charge is -2.37. The minimum Gasteiger partial charge on any atom is -0.497 e. The number of anilines is 1. The number of likely N-dealkylation sites (tertiary alicyclic amines) is 1. The van der Waals surface area contributed by atoms with Gasteiger partial charge in [-0.15, -0.1) is 0 Å². The Bertz CT molecular complexity index is 1640. The highest BCUT2D eigenvalue weighted by Crippen LogP contribution is 2.32. The van der Waals surface area contributed by atoms with E-state index in [1.165, 1.54) is 16.8 Å². The number of carbonyl (C=O) groups is 2. The molecule has 2 aliphatic heterocycles. The van der Waals surface area contributed by atoms with E-state index in [-0.39, 0.29) is 5.91 Å². The Balaban J connectivity index is 0.000000440. The van der Waals surface area contributed by atoms with Gasteiger partial charge in [0.05, 0.1) is 7.11 Å². The van der Waals surface area contributed by atoms with Gasteiger partial charge in [-0.05, 0) is 72.9 Å². The lowest BCUT2D eigenvalue weighted by Crippen LogP contribution is -2.46. The molecule has 0 spiro atoms. The maximum Gasteiger partial charge on any atom is 0.258 e. The number of piperazine rings is 1. The monoisotopic (exact) mass is 677 g/mol. The number of hydrogen-bond acceptors (Lipinski definition) is 6. The van der Waals surface area contributed by atoms with Gasteiger partial charge in [-0.1, -0.05) is 87.9 Å². The molecule has 2 N–H and O–H groups in total. The summed E-state index contributed by atoms with van der Waals surface area (Å²) >= 11 is 0. The number of rotatable bonds is 10. The van der Waals surface area contributed by atoms with E-state index in [1.54, 1.807) is 7.11 Å². The molecule has 0 saturated carbocycles. The van der Waals surface area contributed by atoms with E-state index in [0.29, 0.717) is 24.6 Å². The van der Waals surface area contributed by atoms with Crippen LogP contribution in [0.25, 0.3) is 0 Å². The third kappa shape index (κ3) is 10.7. The summed E-state index contributed by atoms with van der Waals surface area (Å²) in [5.74, 6) is 0.927. The van der Waals surface area contributed by atoms with Crippen molar-refractivity contribution in [1.82, 2.24) is 20.4 Å². The van der Waals surface area contributed by atoms with E-state index in [0.717, 1.165) is 80.4 Å². The third-order valence-electron chi connectivity index (χ3n) is 8.93. The summed E-state index contributed by atoms with van der Waals surface area (Å²) in [5.41, 5.74) is 8.59. The van der Waals surface area contributed by atoms with Crippen molar-refractivity contribution in [2.24, 2.45) is 0 Å². The van der Waals surface area contributed by atoms with Gasteiger partial charge in [0, 0.05) is 74.5 Å². The Hall–Kier alpha value is -4.66. The van der Waals surface area contributed by atoms with E-state index in [2.05, 4.69) is 77.6 Å². The van der Waals surface area contributed by atoms with Crippen LogP contribution in [-0.2, 0) is 17.9 Å². The molecule has 3 aliphatic rings. The number of nitrogens with zero attached hydrogens (tertiary/aromatic N) is 3. The molecule has 1 aliphatic carbocycles. The van der Waals surface area contributed by atoms with Gasteiger partial charge in [0.2, 0.25) is 6.41 Å². The van der Waals surface area contributed by atoms with Crippen molar-refractivity contribution in [3.05, 3.63) is 130 Å². The molecular weight excluding hydrogens is 622 g/mol. The van der Waals surface area contributed by atoms with Crippen molar-refractivity contribution in [2.75, 3.05) is 44.7 Å². The molecule has 50 heavy (non-hydrogen) atoms. The maximum atomic E-state index is 13.6. The number of hydrogen-bond donors (Lipinski definition) is 2. The number of para-hydroxylation sites is 1. The first-order valence-corrected chi connectivity index (χ1v) is 18.0. The first-order chi connectivity index (χ1) is 24.3. The van der Waals surface area contributed by atoms with Gasteiger partial charge in [-0.25, -0.2) is 0 Å². The molecule has 0 radical (unpaired) electrons. The number of fused-ring (bicyclic) bond motifs is 1. The second-order valence-electron chi connectivity index (χ2n) is 12.8. The Labute approximate surface area is 299 Å². The molecule has 2 saturated heterocycles. The highest BCUT2D eigenvalue weighted by Gasteiger charge is 2.29. The minimum absolute atomic E-state index is 0.00952. The summed E-state index contributed by atoms with van der Waals surface area (Å²) in [6, 6.07) is 25.2. The van der Waals surface area contributed by atoms with E-state index in [4.69, 9.17) is 4.74 Å². The van der Waals surface area contributed by atoms with Crippen LogP contribution < -0.4 is 20.3 Å². The molecular formula is C42H55N5O3. The number of nitrogens with one attached hydrogen (secondary N) is 2. The number of carbonyl (C=O) groups excluding carboxylic acids is 2. The van der Waals surface area contributed by atoms with E-state index in [1.807, 2.05) is 73.4 Å². The number of benzene rings is 3. The third-order valence-corrected chi connectivity index (χ3v) is 8.93. The molecule has 2 heterocycles. The summed E-state index contributed by atoms with van der Waals surface area (Å²) in [6.07, 6.45) is 8.29. The fraction of sp³-hybridized carbons (Fsp3) is 0.381. The second-order valence-corrected chi connectivity index (χ2v) is 12.8. The highest BCUT2D eigenvalue weighted by atomic mass is 16.5. The predicted molar refractivity (Wildman–Crippen MR) is 205 cm³/mol. The standard InChI is InChI=1S/C32H39N5O2.C8H10O.C2H6/c1-24(2)33-21-28-8-3-4-12-30(28)36-17-15-35(16-18-36)22-25-7-5-10-27(19-25)32(39)37-14-13-26-9-6-11-29(34-23-38)20-31(26)37;1-7-3-5-8(9-2)6-4-7;1-2/h3-5,7-12,19-20,23-24,33H,6,13-18,21-22H2,1-2H3,(H,34,38);3-6H,1-2H3;1-2H3. The van der Waals surface area contributed by atoms with Gasteiger partial charge in [0.1, 0.15) is 5.75 Å². The van der Waals surface area contributed by atoms with E-state index < -0.39 is 0 Å². The quantitative estimate of drug-likeness (QED) is 0.221. The molecule has 6 rings (SSSR count). The van der Waals surface area contributed by atoms with Crippen LogP contribution in [0.2, 0.25) is 0 Å². The van der Waals surface area contributed by atoms with Gasteiger partial charge < -0.3 is 25.2 Å². The number of ether oxygens (including phenoxy) is 1. The van der Waals surface area contributed by atoms with Gasteiger partial charge in [-0.2, -0.15) is 0 Å². The van der Waals surface area contributed by atoms with Gasteiger partial charge >= 0.3 is 0 Å². The summed E-state index contributed by atoms with van der Waals surface area (Å²) in [5, 5.41) is 6.29. The van der Waals surface area contributed by atoms with Crippen LogP contribution >= 0.6 is 0 Å². The predicted octanol–water partition coefficient (Wildman–Crippen LogP) is 7.23. The minimum atomic E-state index is 0.00952. The molecule has 8 heteroatoms. The lowest BCUT2D eigenvalue weighted by atomic mass is 10.1. The molecule has 3 aromatic carbocycles. The van der Waals surface area contributed by atoms with Crippen molar-refractivity contribution in [1.29, 1.82) is 0 Å². The van der Waals surface area contributed by atoms with Crippen molar-refractivity contribution < 1.29 is 14.3 Å².